The molecule has 0 saturated heterocycles. The molecule has 0 bridgehead atoms. The summed E-state index contributed by atoms with van der Waals surface area (Å²) in [5.74, 6) is 1.55. The number of halogens is 1. The van der Waals surface area contributed by atoms with Gasteiger partial charge in [0.15, 0.2) is 5.82 Å². The highest BCUT2D eigenvalue weighted by molar-refractivity contribution is 6.32. The van der Waals surface area contributed by atoms with E-state index in [0.29, 0.717) is 22.7 Å². The van der Waals surface area contributed by atoms with Crippen LogP contribution in [0.4, 0.5) is 11.8 Å². The zero-order valence-corrected chi connectivity index (χ0v) is 13.9. The maximum absolute atomic E-state index is 9.98. The second kappa shape index (κ2) is 6.36. The van der Waals surface area contributed by atoms with Crippen LogP contribution in [0.15, 0.2) is 6.20 Å². The average Bonchev–Trinajstić information content (AvgIpc) is 2.36. The predicted molar refractivity (Wildman–Crippen MR) is 86.9 cm³/mol. The molecule has 1 saturated carbocycles. The van der Waals surface area contributed by atoms with Gasteiger partial charge in [0.25, 0.3) is 0 Å². The second-order valence-corrected chi connectivity index (χ2v) is 7.37. The molecule has 0 spiro atoms. The third kappa shape index (κ3) is 4.71. The van der Waals surface area contributed by atoms with Crippen molar-refractivity contribution in [1.29, 1.82) is 0 Å². The van der Waals surface area contributed by atoms with Gasteiger partial charge in [0, 0.05) is 11.6 Å². The van der Waals surface area contributed by atoms with Gasteiger partial charge in [0.05, 0.1) is 12.3 Å². The van der Waals surface area contributed by atoms with Gasteiger partial charge >= 0.3 is 0 Å². The van der Waals surface area contributed by atoms with Crippen molar-refractivity contribution >= 4 is 23.4 Å². The van der Waals surface area contributed by atoms with Crippen LogP contribution in [0.5, 0.6) is 0 Å². The van der Waals surface area contributed by atoms with E-state index in [9.17, 15) is 5.11 Å². The number of rotatable bonds is 3. The van der Waals surface area contributed by atoms with Crippen LogP contribution >= 0.6 is 11.6 Å². The smallest absolute Gasteiger partial charge is 0.225 e. The molecule has 6 heteroatoms. The van der Waals surface area contributed by atoms with Crippen molar-refractivity contribution in [2.75, 3.05) is 10.6 Å². The standard InChI is InChI=1S/C15H25ClN4O/c1-9-5-6-10(7-12(9)21)18-13-11(16)8-17-14(19-13)20-15(2,3)4/h8-10,12,21H,5-7H2,1-4H3,(H2,17,18,19,20)/t9-,10-,12-/m1/s1. The van der Waals surface area contributed by atoms with E-state index in [0.717, 1.165) is 19.3 Å². The van der Waals surface area contributed by atoms with Crippen molar-refractivity contribution in [3.63, 3.8) is 0 Å². The van der Waals surface area contributed by atoms with E-state index in [-0.39, 0.29) is 17.7 Å². The van der Waals surface area contributed by atoms with Crippen molar-refractivity contribution in [3.8, 4) is 0 Å². The topological polar surface area (TPSA) is 70.1 Å². The minimum absolute atomic E-state index is 0.110. The summed E-state index contributed by atoms with van der Waals surface area (Å²) in [5, 5.41) is 17.1. The fraction of sp³-hybridized carbons (Fsp3) is 0.733. The Morgan fingerprint density at radius 3 is 2.67 bits per heavy atom. The lowest BCUT2D eigenvalue weighted by Crippen LogP contribution is -2.35. The number of aliphatic hydroxyl groups excluding tert-OH is 1. The molecule has 0 radical (unpaired) electrons. The van der Waals surface area contributed by atoms with Crippen molar-refractivity contribution in [1.82, 2.24) is 9.97 Å². The molecule has 1 aromatic rings. The average molecular weight is 313 g/mol. The van der Waals surface area contributed by atoms with E-state index in [1.807, 2.05) is 0 Å². The predicted octanol–water partition coefficient (Wildman–Crippen LogP) is 3.30. The number of aromatic nitrogens is 2. The monoisotopic (exact) mass is 312 g/mol. The number of nitrogens with one attached hydrogen (secondary N) is 2. The van der Waals surface area contributed by atoms with Gasteiger partial charge in [-0.05, 0) is 46.0 Å². The summed E-state index contributed by atoms with van der Waals surface area (Å²) in [6.07, 6.45) is 4.09. The van der Waals surface area contributed by atoms with Gasteiger partial charge in [-0.25, -0.2) is 4.98 Å². The molecule has 2 rings (SSSR count). The summed E-state index contributed by atoms with van der Waals surface area (Å²) in [6, 6.07) is 0.200. The van der Waals surface area contributed by atoms with Crippen LogP contribution in [0.25, 0.3) is 0 Å². The van der Waals surface area contributed by atoms with Gasteiger partial charge in [-0.3, -0.25) is 0 Å². The van der Waals surface area contributed by atoms with Gasteiger partial charge in [-0.2, -0.15) is 4.98 Å². The zero-order chi connectivity index (χ0) is 15.6. The molecule has 1 heterocycles. The van der Waals surface area contributed by atoms with Crippen molar-refractivity contribution < 1.29 is 5.11 Å². The fourth-order valence-corrected chi connectivity index (χ4v) is 2.63. The molecular weight excluding hydrogens is 288 g/mol. The van der Waals surface area contributed by atoms with E-state index in [1.165, 1.54) is 0 Å². The number of hydrogen-bond acceptors (Lipinski definition) is 5. The molecule has 1 fully saturated rings. The summed E-state index contributed by atoms with van der Waals surface area (Å²) in [6.45, 7) is 8.24. The Morgan fingerprint density at radius 2 is 2.05 bits per heavy atom. The third-order valence-corrected chi connectivity index (χ3v) is 4.00. The minimum atomic E-state index is -0.260. The first-order valence-corrected chi connectivity index (χ1v) is 7.88. The molecule has 1 aliphatic carbocycles. The first-order valence-electron chi connectivity index (χ1n) is 7.50. The van der Waals surface area contributed by atoms with E-state index in [1.54, 1.807) is 6.20 Å². The van der Waals surface area contributed by atoms with Crippen molar-refractivity contribution in [2.24, 2.45) is 5.92 Å². The second-order valence-electron chi connectivity index (χ2n) is 6.96. The molecule has 0 aliphatic heterocycles. The summed E-state index contributed by atoms with van der Waals surface area (Å²) >= 11 is 6.17. The third-order valence-electron chi connectivity index (χ3n) is 3.73. The van der Waals surface area contributed by atoms with E-state index in [2.05, 4.69) is 48.3 Å². The molecule has 118 valence electrons. The molecule has 0 aromatic carbocycles. The van der Waals surface area contributed by atoms with E-state index < -0.39 is 0 Å². The maximum atomic E-state index is 9.98. The van der Waals surface area contributed by atoms with Gasteiger partial charge in [0.2, 0.25) is 5.95 Å². The number of nitrogens with zero attached hydrogens (tertiary/aromatic N) is 2. The minimum Gasteiger partial charge on any atom is -0.393 e. The van der Waals surface area contributed by atoms with Crippen LogP contribution in [0.2, 0.25) is 5.02 Å². The Hall–Kier alpha value is -1.07. The molecule has 21 heavy (non-hydrogen) atoms. The highest BCUT2D eigenvalue weighted by Gasteiger charge is 2.26. The van der Waals surface area contributed by atoms with Crippen LogP contribution in [0, 0.1) is 5.92 Å². The molecule has 5 nitrogen and oxygen atoms in total. The van der Waals surface area contributed by atoms with Gasteiger partial charge in [-0.15, -0.1) is 0 Å². The number of hydrogen-bond donors (Lipinski definition) is 3. The number of anilines is 2. The summed E-state index contributed by atoms with van der Waals surface area (Å²) < 4.78 is 0. The highest BCUT2D eigenvalue weighted by Crippen LogP contribution is 2.28. The van der Waals surface area contributed by atoms with Crippen LogP contribution in [0.3, 0.4) is 0 Å². The lowest BCUT2D eigenvalue weighted by atomic mass is 9.85. The van der Waals surface area contributed by atoms with Gasteiger partial charge < -0.3 is 15.7 Å². The Balaban J connectivity index is 2.07. The highest BCUT2D eigenvalue weighted by atomic mass is 35.5. The first kappa shape index (κ1) is 16.3. The first-order chi connectivity index (χ1) is 9.74. The summed E-state index contributed by atoms with van der Waals surface area (Å²) in [5.41, 5.74) is -0.110. The molecule has 1 aliphatic rings. The summed E-state index contributed by atoms with van der Waals surface area (Å²) in [4.78, 5) is 8.65. The van der Waals surface area contributed by atoms with Crippen molar-refractivity contribution in [3.05, 3.63) is 11.2 Å². The molecule has 3 atom stereocenters. The lowest BCUT2D eigenvalue weighted by molar-refractivity contribution is 0.0739. The Labute approximate surface area is 131 Å². The quantitative estimate of drug-likeness (QED) is 0.799. The zero-order valence-electron chi connectivity index (χ0n) is 13.2. The Kier molecular flexibility index (Phi) is 4.94. The summed E-state index contributed by atoms with van der Waals surface area (Å²) in [7, 11) is 0. The van der Waals surface area contributed by atoms with Gasteiger partial charge in [0.1, 0.15) is 5.02 Å². The largest absolute Gasteiger partial charge is 0.393 e. The normalized spacial score (nSPS) is 26.5. The van der Waals surface area contributed by atoms with Crippen LogP contribution in [-0.4, -0.2) is 32.8 Å². The molecule has 0 amide bonds. The maximum Gasteiger partial charge on any atom is 0.225 e. The van der Waals surface area contributed by atoms with Gasteiger partial charge in [-0.1, -0.05) is 18.5 Å². The van der Waals surface area contributed by atoms with E-state index in [4.69, 9.17) is 11.6 Å². The molecule has 0 unspecified atom stereocenters. The van der Waals surface area contributed by atoms with Crippen LogP contribution < -0.4 is 10.6 Å². The van der Waals surface area contributed by atoms with Crippen LogP contribution in [-0.2, 0) is 0 Å². The SMILES string of the molecule is C[C@@H]1CC[C@@H](Nc2nc(NC(C)(C)C)ncc2Cl)C[C@H]1O. The van der Waals surface area contributed by atoms with Crippen molar-refractivity contribution in [2.45, 2.75) is 64.6 Å². The Morgan fingerprint density at radius 1 is 1.33 bits per heavy atom. The fourth-order valence-electron chi connectivity index (χ4n) is 2.49. The lowest BCUT2D eigenvalue weighted by Gasteiger charge is -2.32. The number of aliphatic hydroxyl groups is 1. The molecule has 3 N–H and O–H groups in total. The van der Waals surface area contributed by atoms with E-state index >= 15 is 0 Å². The Bertz CT molecular complexity index is 489. The van der Waals surface area contributed by atoms with Crippen LogP contribution in [0.1, 0.15) is 47.0 Å². The molecule has 1 aromatic heterocycles. The molecular formula is C15H25ClN4O.